The maximum Gasteiger partial charge on any atom is 0.301 e. The summed E-state index contributed by atoms with van der Waals surface area (Å²) in [6.45, 7) is 0. The van der Waals surface area contributed by atoms with E-state index in [-0.39, 0.29) is 23.2 Å². The molecule has 0 bridgehead atoms. The van der Waals surface area contributed by atoms with Gasteiger partial charge < -0.3 is 10.5 Å². The molecule has 0 aliphatic carbocycles. The van der Waals surface area contributed by atoms with Crippen LogP contribution in [0.1, 0.15) is 0 Å². The molecule has 3 N–H and O–H groups in total. The number of methoxy groups -OCH3 is 1. The van der Waals surface area contributed by atoms with Crippen molar-refractivity contribution in [1.82, 2.24) is 0 Å². The quantitative estimate of drug-likeness (QED) is 0.206. The molecule has 1 rings (SSSR count). The van der Waals surface area contributed by atoms with E-state index in [0.29, 0.717) is 0 Å². The van der Waals surface area contributed by atoms with Gasteiger partial charge in [0.25, 0.3) is 5.69 Å². The van der Waals surface area contributed by atoms with Crippen molar-refractivity contribution in [2.45, 2.75) is 4.90 Å². The largest absolute Gasteiger partial charge is 0.494 e. The number of hydrogen-bond acceptors (Lipinski definition) is 6. The molecule has 0 aliphatic heterocycles. The number of ether oxygens (including phenoxy) is 1. The van der Waals surface area contributed by atoms with Gasteiger partial charge in [0.2, 0.25) is 0 Å². The Bertz CT molecular complexity index is 673. The summed E-state index contributed by atoms with van der Waals surface area (Å²) in [5, 5.41) is 10.8. The second-order valence-electron chi connectivity index (χ2n) is 3.46. The van der Waals surface area contributed by atoms with E-state index in [1.165, 1.54) is 7.11 Å². The van der Waals surface area contributed by atoms with Gasteiger partial charge >= 0.3 is 10.1 Å². The van der Waals surface area contributed by atoms with Crippen molar-refractivity contribution >= 4 is 38.9 Å². The summed E-state index contributed by atoms with van der Waals surface area (Å²) >= 11 is 5.44. The second-order valence-corrected chi connectivity index (χ2v) is 5.12. The highest BCUT2D eigenvalue weighted by atomic mass is 35.5. The number of amidine groups is 1. The maximum atomic E-state index is 11.2. The summed E-state index contributed by atoms with van der Waals surface area (Å²) in [5.74, 6) is -0.279. The number of benzene rings is 1. The van der Waals surface area contributed by atoms with Crippen LogP contribution in [0.4, 0.5) is 11.4 Å². The lowest BCUT2D eigenvalue weighted by Gasteiger charge is -2.07. The molecule has 0 radical (unpaired) electrons. The van der Waals surface area contributed by atoms with E-state index >= 15 is 0 Å². The number of nitro benzene ring substituents is 1. The monoisotopic (exact) mass is 323 g/mol. The Morgan fingerprint density at radius 2 is 2.20 bits per heavy atom. The lowest BCUT2D eigenvalue weighted by molar-refractivity contribution is -0.387. The fourth-order valence-corrected chi connectivity index (χ4v) is 2.04. The molecule has 0 fully saturated rings. The first kappa shape index (κ1) is 16.1. The van der Waals surface area contributed by atoms with E-state index in [0.717, 1.165) is 12.1 Å². The SMILES string of the molecule is COc1cc([N+](=O)[O-])c(S(=O)(=O)O)cc1N=C(N)CCl. The number of halogens is 1. The van der Waals surface area contributed by atoms with Crippen LogP contribution in [0.15, 0.2) is 22.0 Å². The Morgan fingerprint density at radius 1 is 1.60 bits per heavy atom. The van der Waals surface area contributed by atoms with Gasteiger partial charge in [0, 0.05) is 0 Å². The first-order valence-electron chi connectivity index (χ1n) is 4.93. The van der Waals surface area contributed by atoms with Gasteiger partial charge in [-0.15, -0.1) is 11.6 Å². The number of aliphatic imine (C=N–C) groups is 1. The van der Waals surface area contributed by atoms with Crippen LogP contribution < -0.4 is 10.5 Å². The third kappa shape index (κ3) is 3.56. The third-order valence-electron chi connectivity index (χ3n) is 2.14. The summed E-state index contributed by atoms with van der Waals surface area (Å²) < 4.78 is 36.2. The molecule has 0 saturated heterocycles. The van der Waals surface area contributed by atoms with Crippen molar-refractivity contribution < 1.29 is 22.6 Å². The van der Waals surface area contributed by atoms with Gasteiger partial charge in [-0.2, -0.15) is 8.42 Å². The molecule has 0 amide bonds. The van der Waals surface area contributed by atoms with Crippen LogP contribution in [-0.2, 0) is 10.1 Å². The lowest BCUT2D eigenvalue weighted by Crippen LogP contribution is -2.12. The molecule has 0 saturated carbocycles. The number of rotatable bonds is 5. The predicted octanol–water partition coefficient (Wildman–Crippen LogP) is 1.08. The Kier molecular flexibility index (Phi) is 4.87. The van der Waals surface area contributed by atoms with Gasteiger partial charge in [-0.25, -0.2) is 4.99 Å². The second kappa shape index (κ2) is 6.03. The Hall–Kier alpha value is -1.91. The topological polar surface area (TPSA) is 145 Å². The van der Waals surface area contributed by atoms with Gasteiger partial charge in [-0.1, -0.05) is 0 Å². The van der Waals surface area contributed by atoms with E-state index in [2.05, 4.69) is 4.99 Å². The summed E-state index contributed by atoms with van der Waals surface area (Å²) in [6, 6.07) is 1.61. The van der Waals surface area contributed by atoms with Crippen LogP contribution >= 0.6 is 11.6 Å². The minimum Gasteiger partial charge on any atom is -0.494 e. The molecule has 0 heterocycles. The lowest BCUT2D eigenvalue weighted by atomic mass is 10.2. The molecule has 1 aromatic carbocycles. The average Bonchev–Trinajstić information content (AvgIpc) is 2.36. The number of nitro groups is 1. The van der Waals surface area contributed by atoms with Crippen LogP contribution in [0.5, 0.6) is 5.75 Å². The molecule has 110 valence electrons. The predicted molar refractivity (Wildman–Crippen MR) is 71.5 cm³/mol. The summed E-state index contributed by atoms with van der Waals surface area (Å²) in [6.07, 6.45) is 0. The Labute approximate surface area is 118 Å². The fraction of sp³-hybridized carbons (Fsp3) is 0.222. The number of alkyl halides is 1. The molecular weight excluding hydrogens is 314 g/mol. The molecule has 9 nitrogen and oxygen atoms in total. The maximum absolute atomic E-state index is 11.2. The highest BCUT2D eigenvalue weighted by molar-refractivity contribution is 7.86. The average molecular weight is 324 g/mol. The molecule has 0 spiro atoms. The smallest absolute Gasteiger partial charge is 0.301 e. The zero-order chi connectivity index (χ0) is 15.5. The number of nitrogens with zero attached hydrogens (tertiary/aromatic N) is 2. The fourth-order valence-electron chi connectivity index (χ4n) is 1.32. The van der Waals surface area contributed by atoms with Gasteiger partial charge in [0.15, 0.2) is 10.6 Å². The minimum atomic E-state index is -4.81. The zero-order valence-corrected chi connectivity index (χ0v) is 11.7. The van der Waals surface area contributed by atoms with Crippen LogP contribution in [0.3, 0.4) is 0 Å². The third-order valence-corrected chi connectivity index (χ3v) is 3.29. The Balaban J connectivity index is 3.68. The molecule has 20 heavy (non-hydrogen) atoms. The normalized spacial score (nSPS) is 12.2. The molecule has 0 aliphatic rings. The van der Waals surface area contributed by atoms with Crippen molar-refractivity contribution in [3.05, 3.63) is 22.2 Å². The number of hydrogen-bond donors (Lipinski definition) is 2. The number of nitrogens with two attached hydrogens (primary N) is 1. The summed E-state index contributed by atoms with van der Waals surface area (Å²) in [5.41, 5.74) is 4.45. The summed E-state index contributed by atoms with van der Waals surface area (Å²) in [7, 11) is -3.60. The molecule has 0 unspecified atom stereocenters. The highest BCUT2D eigenvalue weighted by Gasteiger charge is 2.27. The van der Waals surface area contributed by atoms with Crippen LogP contribution in [0.25, 0.3) is 0 Å². The van der Waals surface area contributed by atoms with Crippen molar-refractivity contribution in [1.29, 1.82) is 0 Å². The van der Waals surface area contributed by atoms with Gasteiger partial charge in [-0.05, 0) is 6.07 Å². The molecule has 1 aromatic rings. The highest BCUT2D eigenvalue weighted by Crippen LogP contribution is 2.37. The van der Waals surface area contributed by atoms with Gasteiger partial charge in [0.1, 0.15) is 11.5 Å². The molecule has 11 heteroatoms. The van der Waals surface area contributed by atoms with E-state index in [9.17, 15) is 18.5 Å². The molecule has 0 atom stereocenters. The van der Waals surface area contributed by atoms with Crippen molar-refractivity contribution in [3.8, 4) is 5.75 Å². The van der Waals surface area contributed by atoms with Crippen LogP contribution in [0.2, 0.25) is 0 Å². The van der Waals surface area contributed by atoms with Crippen LogP contribution in [-0.4, -0.2) is 36.7 Å². The molecular formula is C9H10ClN3O6S. The van der Waals surface area contributed by atoms with Crippen LogP contribution in [0, 0.1) is 10.1 Å². The van der Waals surface area contributed by atoms with Crippen molar-refractivity contribution in [2.75, 3.05) is 13.0 Å². The standard InChI is InChI=1S/C9H10ClN3O6S/c1-19-7-3-6(13(14)15)8(20(16,17)18)2-5(7)12-9(11)4-10/h2-3H,4H2,1H3,(H2,11,12)(H,16,17,18). The zero-order valence-electron chi connectivity index (χ0n) is 10.1. The van der Waals surface area contributed by atoms with E-state index in [1.807, 2.05) is 0 Å². The van der Waals surface area contributed by atoms with E-state index in [4.69, 9.17) is 26.6 Å². The Morgan fingerprint density at radius 3 is 2.60 bits per heavy atom. The van der Waals surface area contributed by atoms with E-state index in [1.54, 1.807) is 0 Å². The minimum absolute atomic E-state index is 0.0555. The molecule has 0 aromatic heterocycles. The van der Waals surface area contributed by atoms with Gasteiger partial charge in [-0.3, -0.25) is 14.7 Å². The van der Waals surface area contributed by atoms with Gasteiger partial charge in [0.05, 0.1) is 24.0 Å². The van der Waals surface area contributed by atoms with Crippen molar-refractivity contribution in [2.24, 2.45) is 10.7 Å². The van der Waals surface area contributed by atoms with Crippen molar-refractivity contribution in [3.63, 3.8) is 0 Å². The van der Waals surface area contributed by atoms with E-state index < -0.39 is 25.6 Å². The first-order chi connectivity index (χ1) is 9.20. The summed E-state index contributed by atoms with van der Waals surface area (Å²) in [4.78, 5) is 12.7. The first-order valence-corrected chi connectivity index (χ1v) is 6.91.